The first kappa shape index (κ1) is 27.1. The van der Waals surface area contributed by atoms with Gasteiger partial charge >= 0.3 is 5.97 Å². The molecule has 0 radical (unpaired) electrons. The summed E-state index contributed by atoms with van der Waals surface area (Å²) in [7, 11) is -0.853. The molecule has 0 spiro atoms. The molecule has 2 rings (SSSR count). The van der Waals surface area contributed by atoms with Gasteiger partial charge in [0, 0.05) is 30.4 Å². The van der Waals surface area contributed by atoms with E-state index in [4.69, 9.17) is 14.2 Å². The second-order valence-corrected chi connectivity index (χ2v) is 9.62. The maximum Gasteiger partial charge on any atom is 0.307 e. The lowest BCUT2D eigenvalue weighted by Gasteiger charge is -2.19. The SMILES string of the molecule is COc1cc(NC(=O)COC(=O)CCNS(=O)(=O)c2c(C)c(C)c(C)c(C)c2C)cc(OC)c1. The van der Waals surface area contributed by atoms with Crippen LogP contribution in [-0.2, 0) is 24.3 Å². The number of nitrogens with one attached hydrogen (secondary N) is 2. The van der Waals surface area contributed by atoms with E-state index in [9.17, 15) is 18.0 Å². The maximum absolute atomic E-state index is 12.9. The van der Waals surface area contributed by atoms with E-state index in [0.717, 1.165) is 16.7 Å². The standard InChI is InChI=1S/C24H32N2O7S/c1-14-15(2)17(4)24(18(5)16(14)3)34(29,30)25-9-8-23(28)33-13-22(27)26-19-10-20(31-6)12-21(11-19)32-7/h10-12,25H,8-9,13H2,1-7H3,(H,26,27). The van der Waals surface area contributed by atoms with Gasteiger partial charge in [-0.15, -0.1) is 0 Å². The third-order valence-corrected chi connectivity index (χ3v) is 7.55. The van der Waals surface area contributed by atoms with Crippen LogP contribution in [0.4, 0.5) is 5.69 Å². The summed E-state index contributed by atoms with van der Waals surface area (Å²) < 4.78 is 43.5. The molecule has 0 fully saturated rings. The van der Waals surface area contributed by atoms with Gasteiger partial charge in [-0.1, -0.05) is 0 Å². The Morgan fingerprint density at radius 1 is 0.824 bits per heavy atom. The summed E-state index contributed by atoms with van der Waals surface area (Å²) in [6, 6.07) is 4.84. The number of rotatable bonds is 10. The van der Waals surface area contributed by atoms with Gasteiger partial charge in [-0.05, 0) is 62.4 Å². The largest absolute Gasteiger partial charge is 0.497 e. The summed E-state index contributed by atoms with van der Waals surface area (Å²) in [5.74, 6) is -0.279. The molecule has 1 amide bonds. The summed E-state index contributed by atoms with van der Waals surface area (Å²) in [6.07, 6.45) is -0.221. The highest BCUT2D eigenvalue weighted by Gasteiger charge is 2.23. The molecular formula is C24H32N2O7S. The third-order valence-electron chi connectivity index (χ3n) is 5.82. The average molecular weight is 493 g/mol. The van der Waals surface area contributed by atoms with Crippen molar-refractivity contribution in [2.75, 3.05) is 32.7 Å². The molecule has 0 bridgehead atoms. The number of benzene rings is 2. The second kappa shape index (κ2) is 11.3. The minimum Gasteiger partial charge on any atom is -0.497 e. The molecule has 0 heterocycles. The van der Waals surface area contributed by atoms with Crippen LogP contribution < -0.4 is 19.5 Å². The Kier molecular flexibility index (Phi) is 9.06. The molecule has 2 aromatic carbocycles. The Bertz CT molecular complexity index is 1140. The van der Waals surface area contributed by atoms with Crippen molar-refractivity contribution in [1.82, 2.24) is 4.72 Å². The molecule has 0 saturated carbocycles. The van der Waals surface area contributed by atoms with Crippen LogP contribution in [0, 0.1) is 34.6 Å². The summed E-state index contributed by atoms with van der Waals surface area (Å²) in [4.78, 5) is 24.4. The van der Waals surface area contributed by atoms with Crippen molar-refractivity contribution in [3.8, 4) is 11.5 Å². The van der Waals surface area contributed by atoms with E-state index < -0.39 is 28.5 Å². The van der Waals surface area contributed by atoms with E-state index >= 15 is 0 Å². The third kappa shape index (κ3) is 6.48. The molecule has 0 aliphatic carbocycles. The molecule has 0 unspecified atom stereocenters. The highest BCUT2D eigenvalue weighted by Crippen LogP contribution is 2.29. The zero-order valence-corrected chi connectivity index (χ0v) is 21.4. The van der Waals surface area contributed by atoms with E-state index in [1.807, 2.05) is 20.8 Å². The number of amides is 1. The summed E-state index contributed by atoms with van der Waals surface area (Å²) in [5.41, 5.74) is 4.68. The molecule has 10 heteroatoms. The molecule has 34 heavy (non-hydrogen) atoms. The number of hydrogen-bond acceptors (Lipinski definition) is 7. The maximum atomic E-state index is 12.9. The van der Waals surface area contributed by atoms with Crippen molar-refractivity contribution in [2.24, 2.45) is 0 Å². The smallest absolute Gasteiger partial charge is 0.307 e. The summed E-state index contributed by atoms with van der Waals surface area (Å²) in [6.45, 7) is 8.62. The van der Waals surface area contributed by atoms with E-state index in [1.54, 1.807) is 32.0 Å². The van der Waals surface area contributed by atoms with Crippen molar-refractivity contribution >= 4 is 27.6 Å². The monoisotopic (exact) mass is 492 g/mol. The lowest BCUT2D eigenvalue weighted by atomic mass is 9.95. The van der Waals surface area contributed by atoms with Crippen LogP contribution in [-0.4, -0.2) is 47.7 Å². The van der Waals surface area contributed by atoms with E-state index in [1.165, 1.54) is 14.2 Å². The Hall–Kier alpha value is -3.11. The van der Waals surface area contributed by atoms with Crippen molar-refractivity contribution in [3.05, 3.63) is 46.0 Å². The summed E-state index contributed by atoms with van der Waals surface area (Å²) in [5, 5.41) is 2.59. The lowest BCUT2D eigenvalue weighted by Crippen LogP contribution is -2.29. The van der Waals surface area contributed by atoms with Crippen LogP contribution in [0.2, 0.25) is 0 Å². The van der Waals surface area contributed by atoms with Gasteiger partial charge in [0.25, 0.3) is 5.91 Å². The zero-order valence-electron chi connectivity index (χ0n) is 20.6. The van der Waals surface area contributed by atoms with Gasteiger partial charge in [-0.3, -0.25) is 9.59 Å². The highest BCUT2D eigenvalue weighted by atomic mass is 32.2. The molecule has 2 aromatic rings. The molecule has 0 atom stereocenters. The van der Waals surface area contributed by atoms with Crippen LogP contribution in [0.5, 0.6) is 11.5 Å². The predicted molar refractivity (Wildman–Crippen MR) is 129 cm³/mol. The quantitative estimate of drug-likeness (QED) is 0.489. The van der Waals surface area contributed by atoms with Gasteiger partial charge in [-0.2, -0.15) is 0 Å². The number of esters is 1. The van der Waals surface area contributed by atoms with Crippen molar-refractivity contribution in [2.45, 2.75) is 45.9 Å². The van der Waals surface area contributed by atoms with Crippen molar-refractivity contribution < 1.29 is 32.2 Å². The van der Waals surface area contributed by atoms with E-state index in [2.05, 4.69) is 10.0 Å². The normalized spacial score (nSPS) is 11.1. The van der Waals surface area contributed by atoms with Crippen LogP contribution in [0.3, 0.4) is 0 Å². The number of sulfonamides is 1. The number of methoxy groups -OCH3 is 2. The number of anilines is 1. The second-order valence-electron chi connectivity index (χ2n) is 7.91. The van der Waals surface area contributed by atoms with Crippen molar-refractivity contribution in [1.29, 1.82) is 0 Å². The Labute approximate surface area is 200 Å². The van der Waals surface area contributed by atoms with Crippen LogP contribution >= 0.6 is 0 Å². The van der Waals surface area contributed by atoms with Gasteiger partial charge in [0.2, 0.25) is 10.0 Å². The van der Waals surface area contributed by atoms with Gasteiger partial charge in [0.15, 0.2) is 6.61 Å². The van der Waals surface area contributed by atoms with Gasteiger partial charge in [0.1, 0.15) is 11.5 Å². The molecule has 0 aromatic heterocycles. The first-order valence-electron chi connectivity index (χ1n) is 10.7. The molecule has 0 aliphatic rings. The molecule has 2 N–H and O–H groups in total. The molecule has 0 saturated heterocycles. The van der Waals surface area contributed by atoms with Crippen LogP contribution in [0.15, 0.2) is 23.1 Å². The van der Waals surface area contributed by atoms with Gasteiger partial charge < -0.3 is 19.5 Å². The molecule has 186 valence electrons. The van der Waals surface area contributed by atoms with Gasteiger partial charge in [0.05, 0.1) is 25.5 Å². The topological polar surface area (TPSA) is 120 Å². The fourth-order valence-electron chi connectivity index (χ4n) is 3.52. The van der Waals surface area contributed by atoms with Crippen LogP contribution in [0.1, 0.15) is 34.2 Å². The number of hydrogen-bond donors (Lipinski definition) is 2. The van der Waals surface area contributed by atoms with E-state index in [0.29, 0.717) is 28.3 Å². The highest BCUT2D eigenvalue weighted by molar-refractivity contribution is 7.89. The van der Waals surface area contributed by atoms with Gasteiger partial charge in [-0.25, -0.2) is 13.1 Å². The first-order chi connectivity index (χ1) is 15.9. The fourth-order valence-corrected chi connectivity index (χ4v) is 5.15. The Morgan fingerprint density at radius 3 is 1.82 bits per heavy atom. The van der Waals surface area contributed by atoms with Crippen LogP contribution in [0.25, 0.3) is 0 Å². The molecular weight excluding hydrogens is 460 g/mol. The number of carbonyl (C=O) groups is 2. The Morgan fingerprint density at radius 2 is 1.32 bits per heavy atom. The fraction of sp³-hybridized carbons (Fsp3) is 0.417. The van der Waals surface area contributed by atoms with Crippen molar-refractivity contribution in [3.63, 3.8) is 0 Å². The predicted octanol–water partition coefficient (Wildman–Crippen LogP) is 3.10. The number of carbonyl (C=O) groups excluding carboxylic acids is 2. The number of ether oxygens (including phenoxy) is 3. The molecule has 9 nitrogen and oxygen atoms in total. The minimum absolute atomic E-state index is 0.152. The minimum atomic E-state index is -3.83. The lowest BCUT2D eigenvalue weighted by molar-refractivity contribution is -0.147. The zero-order chi connectivity index (χ0) is 25.6. The Balaban J connectivity index is 1.91. The average Bonchev–Trinajstić information content (AvgIpc) is 2.79. The molecule has 0 aliphatic heterocycles. The summed E-state index contributed by atoms with van der Waals surface area (Å²) >= 11 is 0. The first-order valence-corrected chi connectivity index (χ1v) is 12.1. The van der Waals surface area contributed by atoms with E-state index in [-0.39, 0.29) is 17.9 Å².